The number of benzene rings is 1. The number of nitrogens with zero attached hydrogens (tertiary/aromatic N) is 3. The number of rotatable bonds is 3. The summed E-state index contributed by atoms with van der Waals surface area (Å²) in [5.74, 6) is -0.145. The standard InChI is InChI=1S/C21H28N4O4/c1-15(26)23-18-13-29-21(14-20(18,2)28)7-9-24(10-8-21)19(27)12-25-17-6-4-3-5-16(17)11-22-25/h3-6,11,18,28H,7-10,12-14H2,1-2H3,(H,23,26)/t18-,20-/m0/s1. The monoisotopic (exact) mass is 400 g/mol. The molecule has 1 aromatic heterocycles. The van der Waals surface area contributed by atoms with Crippen LogP contribution in [0.3, 0.4) is 0 Å². The molecule has 8 heteroatoms. The Balaban J connectivity index is 1.37. The van der Waals surface area contributed by atoms with Crippen molar-refractivity contribution in [2.24, 2.45) is 0 Å². The Morgan fingerprint density at radius 1 is 1.31 bits per heavy atom. The van der Waals surface area contributed by atoms with E-state index >= 15 is 0 Å². The zero-order valence-corrected chi connectivity index (χ0v) is 16.9. The van der Waals surface area contributed by atoms with E-state index in [1.54, 1.807) is 17.8 Å². The molecule has 0 saturated carbocycles. The van der Waals surface area contributed by atoms with Crippen molar-refractivity contribution in [3.63, 3.8) is 0 Å². The molecule has 4 rings (SSSR count). The summed E-state index contributed by atoms with van der Waals surface area (Å²) in [7, 11) is 0. The minimum Gasteiger partial charge on any atom is -0.388 e. The normalized spacial score (nSPS) is 26.6. The average molecular weight is 400 g/mol. The summed E-state index contributed by atoms with van der Waals surface area (Å²) in [5, 5.41) is 19.0. The first-order chi connectivity index (χ1) is 13.8. The topological polar surface area (TPSA) is 96.7 Å². The van der Waals surface area contributed by atoms with Crippen molar-refractivity contribution >= 4 is 22.7 Å². The number of amides is 2. The Labute approximate surface area is 169 Å². The third-order valence-electron chi connectivity index (χ3n) is 6.23. The van der Waals surface area contributed by atoms with Crippen LogP contribution in [-0.2, 0) is 20.9 Å². The van der Waals surface area contributed by atoms with Crippen LogP contribution in [0.15, 0.2) is 30.5 Å². The number of hydrogen-bond donors (Lipinski definition) is 2. The van der Waals surface area contributed by atoms with Crippen LogP contribution in [0, 0.1) is 0 Å². The fraction of sp³-hybridized carbons (Fsp3) is 0.571. The molecule has 2 saturated heterocycles. The number of carbonyl (C=O) groups is 2. The van der Waals surface area contributed by atoms with Crippen LogP contribution >= 0.6 is 0 Å². The number of nitrogens with one attached hydrogen (secondary N) is 1. The largest absolute Gasteiger partial charge is 0.388 e. The van der Waals surface area contributed by atoms with Gasteiger partial charge < -0.3 is 20.1 Å². The van der Waals surface area contributed by atoms with Crippen LogP contribution in [0.4, 0.5) is 0 Å². The fourth-order valence-electron chi connectivity index (χ4n) is 4.57. The fourth-order valence-corrected chi connectivity index (χ4v) is 4.57. The number of fused-ring (bicyclic) bond motifs is 1. The Bertz CT molecular complexity index is 914. The van der Waals surface area contributed by atoms with Gasteiger partial charge in [-0.05, 0) is 25.8 Å². The molecule has 8 nitrogen and oxygen atoms in total. The maximum atomic E-state index is 12.8. The number of aromatic nitrogens is 2. The molecule has 29 heavy (non-hydrogen) atoms. The number of aliphatic hydroxyl groups is 1. The molecule has 2 atom stereocenters. The van der Waals surface area contributed by atoms with Gasteiger partial charge in [0.15, 0.2) is 0 Å². The van der Waals surface area contributed by atoms with Crippen molar-refractivity contribution in [2.45, 2.75) is 56.9 Å². The van der Waals surface area contributed by atoms with E-state index in [0.29, 0.717) is 32.4 Å². The van der Waals surface area contributed by atoms with E-state index in [4.69, 9.17) is 4.74 Å². The summed E-state index contributed by atoms with van der Waals surface area (Å²) in [5.41, 5.74) is -0.539. The van der Waals surface area contributed by atoms with E-state index in [2.05, 4.69) is 10.4 Å². The first-order valence-electron chi connectivity index (χ1n) is 10.1. The zero-order valence-electron chi connectivity index (χ0n) is 16.9. The predicted molar refractivity (Wildman–Crippen MR) is 107 cm³/mol. The van der Waals surface area contributed by atoms with Gasteiger partial charge in [-0.15, -0.1) is 0 Å². The van der Waals surface area contributed by atoms with Crippen LogP contribution in [-0.4, -0.2) is 68.5 Å². The SMILES string of the molecule is CC(=O)N[C@H]1COC2(CCN(C(=O)Cn3ncc4ccccc43)CC2)C[C@]1(C)O. The highest BCUT2D eigenvalue weighted by Gasteiger charge is 2.49. The van der Waals surface area contributed by atoms with Crippen molar-refractivity contribution < 1.29 is 19.4 Å². The first-order valence-corrected chi connectivity index (χ1v) is 10.1. The first kappa shape index (κ1) is 19.8. The smallest absolute Gasteiger partial charge is 0.244 e. The van der Waals surface area contributed by atoms with E-state index in [0.717, 1.165) is 10.9 Å². The maximum absolute atomic E-state index is 12.8. The van der Waals surface area contributed by atoms with Gasteiger partial charge in [-0.3, -0.25) is 14.3 Å². The lowest BCUT2D eigenvalue weighted by atomic mass is 9.75. The molecular formula is C21H28N4O4. The quantitative estimate of drug-likeness (QED) is 0.804. The van der Waals surface area contributed by atoms with E-state index in [9.17, 15) is 14.7 Å². The van der Waals surface area contributed by atoms with Crippen LogP contribution in [0.1, 0.15) is 33.1 Å². The van der Waals surface area contributed by atoms with Gasteiger partial charge >= 0.3 is 0 Å². The molecule has 2 aliphatic rings. The van der Waals surface area contributed by atoms with Crippen molar-refractivity contribution in [3.05, 3.63) is 30.5 Å². The molecule has 1 aromatic carbocycles. The van der Waals surface area contributed by atoms with Gasteiger partial charge in [-0.2, -0.15) is 5.10 Å². The van der Waals surface area contributed by atoms with Gasteiger partial charge in [0.25, 0.3) is 0 Å². The highest BCUT2D eigenvalue weighted by molar-refractivity contribution is 5.82. The lowest BCUT2D eigenvalue weighted by Gasteiger charge is -2.51. The summed E-state index contributed by atoms with van der Waals surface area (Å²) in [6.45, 7) is 4.84. The molecule has 2 N–H and O–H groups in total. The van der Waals surface area contributed by atoms with E-state index < -0.39 is 17.2 Å². The van der Waals surface area contributed by atoms with Gasteiger partial charge in [-0.1, -0.05) is 18.2 Å². The van der Waals surface area contributed by atoms with Crippen LogP contribution < -0.4 is 5.32 Å². The Kier molecular flexibility index (Phi) is 5.08. The third kappa shape index (κ3) is 4.00. The van der Waals surface area contributed by atoms with Crippen molar-refractivity contribution in [3.8, 4) is 0 Å². The second kappa shape index (κ2) is 7.42. The van der Waals surface area contributed by atoms with Crippen molar-refractivity contribution in [1.29, 1.82) is 0 Å². The molecule has 156 valence electrons. The molecule has 2 aliphatic heterocycles. The van der Waals surface area contributed by atoms with Crippen LogP contribution in [0.5, 0.6) is 0 Å². The van der Waals surface area contributed by atoms with Gasteiger partial charge in [-0.25, -0.2) is 0 Å². The van der Waals surface area contributed by atoms with Crippen molar-refractivity contribution in [1.82, 2.24) is 20.0 Å². The second-order valence-corrected chi connectivity index (χ2v) is 8.52. The molecule has 3 heterocycles. The van der Waals surface area contributed by atoms with Gasteiger partial charge in [0.2, 0.25) is 11.8 Å². The van der Waals surface area contributed by atoms with Crippen LogP contribution in [0.25, 0.3) is 10.9 Å². The third-order valence-corrected chi connectivity index (χ3v) is 6.23. The number of piperidine rings is 1. The minimum absolute atomic E-state index is 0.0346. The summed E-state index contributed by atoms with van der Waals surface area (Å²) < 4.78 is 7.85. The maximum Gasteiger partial charge on any atom is 0.244 e. The van der Waals surface area contributed by atoms with Gasteiger partial charge in [0, 0.05) is 31.8 Å². The molecule has 0 bridgehead atoms. The minimum atomic E-state index is -1.04. The predicted octanol–water partition coefficient (Wildman–Crippen LogP) is 1.07. The highest BCUT2D eigenvalue weighted by atomic mass is 16.5. The molecule has 1 spiro atoms. The average Bonchev–Trinajstić information content (AvgIpc) is 3.07. The number of carbonyl (C=O) groups excluding carboxylic acids is 2. The lowest BCUT2D eigenvalue weighted by Crippen LogP contribution is -2.64. The summed E-state index contributed by atoms with van der Waals surface area (Å²) in [4.78, 5) is 26.0. The molecule has 2 amide bonds. The Morgan fingerprint density at radius 2 is 2.03 bits per heavy atom. The number of likely N-dealkylation sites (tertiary alicyclic amines) is 1. The molecule has 0 unspecified atom stereocenters. The summed E-state index contributed by atoms with van der Waals surface area (Å²) in [6, 6.07) is 7.42. The lowest BCUT2D eigenvalue weighted by molar-refractivity contribution is -0.190. The molecule has 2 fully saturated rings. The summed E-state index contributed by atoms with van der Waals surface area (Å²) in [6.07, 6.45) is 3.55. The molecule has 2 aromatic rings. The van der Waals surface area contributed by atoms with E-state index in [-0.39, 0.29) is 25.0 Å². The van der Waals surface area contributed by atoms with E-state index in [1.165, 1.54) is 6.92 Å². The number of para-hydroxylation sites is 1. The molecule has 0 aliphatic carbocycles. The Hall–Kier alpha value is -2.45. The zero-order chi connectivity index (χ0) is 20.6. The second-order valence-electron chi connectivity index (χ2n) is 8.52. The van der Waals surface area contributed by atoms with Gasteiger partial charge in [0.1, 0.15) is 6.54 Å². The molecule has 0 radical (unpaired) electrons. The Morgan fingerprint density at radius 3 is 2.72 bits per heavy atom. The highest BCUT2D eigenvalue weighted by Crippen LogP contribution is 2.39. The number of ether oxygens (including phenoxy) is 1. The van der Waals surface area contributed by atoms with Crippen LogP contribution in [0.2, 0.25) is 0 Å². The molecular weight excluding hydrogens is 372 g/mol. The number of hydrogen-bond acceptors (Lipinski definition) is 5. The van der Waals surface area contributed by atoms with Gasteiger partial charge in [0.05, 0.1) is 35.6 Å². The van der Waals surface area contributed by atoms with Crippen molar-refractivity contribution in [2.75, 3.05) is 19.7 Å². The summed E-state index contributed by atoms with van der Waals surface area (Å²) >= 11 is 0. The van der Waals surface area contributed by atoms with E-state index in [1.807, 2.05) is 29.2 Å².